The molecular weight excluding hydrogens is 381 g/mol. The summed E-state index contributed by atoms with van der Waals surface area (Å²) in [5.74, 6) is -1.15. The standard InChI is InChI=1S/C24H28FN3O2/c1-17-6-5-8-19(14-17)9-12-23(29)27-22-15-20(10-11-21(22)25)26-24(30)16-28-13-4-3-7-18(28)2/h5-6,8-12,14-15,18H,3-4,7,13,16H2,1-2H3,(H,26,30)(H,27,29)/b12-9+/t18-/m1/s1. The largest absolute Gasteiger partial charge is 0.325 e. The van der Waals surface area contributed by atoms with E-state index in [9.17, 15) is 14.0 Å². The Labute approximate surface area is 177 Å². The first-order chi connectivity index (χ1) is 14.4. The number of anilines is 2. The molecule has 2 amide bonds. The van der Waals surface area contributed by atoms with Crippen molar-refractivity contribution in [2.24, 2.45) is 0 Å². The van der Waals surface area contributed by atoms with Gasteiger partial charge in [-0.1, -0.05) is 36.2 Å². The van der Waals surface area contributed by atoms with Gasteiger partial charge in [-0.15, -0.1) is 0 Å². The normalized spacial score (nSPS) is 17.1. The zero-order chi connectivity index (χ0) is 21.5. The van der Waals surface area contributed by atoms with Crippen molar-refractivity contribution in [3.63, 3.8) is 0 Å². The number of hydrogen-bond acceptors (Lipinski definition) is 3. The molecule has 0 radical (unpaired) electrons. The maximum atomic E-state index is 14.1. The average molecular weight is 410 g/mol. The number of amides is 2. The molecule has 1 saturated heterocycles. The third kappa shape index (κ3) is 6.26. The van der Waals surface area contributed by atoms with Crippen LogP contribution in [0, 0.1) is 12.7 Å². The minimum atomic E-state index is -0.560. The van der Waals surface area contributed by atoms with Crippen LogP contribution >= 0.6 is 0 Å². The van der Waals surface area contributed by atoms with Crippen LogP contribution in [0.3, 0.4) is 0 Å². The molecule has 2 aromatic rings. The minimum Gasteiger partial charge on any atom is -0.325 e. The van der Waals surface area contributed by atoms with Gasteiger partial charge in [-0.25, -0.2) is 4.39 Å². The van der Waals surface area contributed by atoms with E-state index in [0.29, 0.717) is 18.3 Å². The third-order valence-electron chi connectivity index (χ3n) is 5.26. The van der Waals surface area contributed by atoms with Crippen LogP contribution in [0.1, 0.15) is 37.3 Å². The zero-order valence-electron chi connectivity index (χ0n) is 17.5. The number of halogens is 1. The fraction of sp³-hybridized carbons (Fsp3) is 0.333. The van der Waals surface area contributed by atoms with E-state index in [1.807, 2.05) is 31.2 Å². The van der Waals surface area contributed by atoms with Gasteiger partial charge >= 0.3 is 0 Å². The Kier molecular flexibility index (Phi) is 7.36. The summed E-state index contributed by atoms with van der Waals surface area (Å²) in [6.45, 7) is 5.31. The molecule has 0 aliphatic carbocycles. The van der Waals surface area contributed by atoms with Gasteiger partial charge < -0.3 is 10.6 Å². The van der Waals surface area contributed by atoms with Crippen molar-refractivity contribution >= 4 is 29.3 Å². The van der Waals surface area contributed by atoms with Gasteiger partial charge in [0.25, 0.3) is 0 Å². The van der Waals surface area contributed by atoms with Crippen molar-refractivity contribution < 1.29 is 14.0 Å². The molecule has 1 atom stereocenters. The number of aryl methyl sites for hydroxylation is 1. The van der Waals surface area contributed by atoms with E-state index >= 15 is 0 Å². The van der Waals surface area contributed by atoms with Gasteiger partial charge in [0.1, 0.15) is 5.82 Å². The summed E-state index contributed by atoms with van der Waals surface area (Å²) in [6.07, 6.45) is 6.41. The van der Waals surface area contributed by atoms with Crippen LogP contribution in [0.5, 0.6) is 0 Å². The van der Waals surface area contributed by atoms with Crippen molar-refractivity contribution in [2.45, 2.75) is 39.2 Å². The summed E-state index contributed by atoms with van der Waals surface area (Å²) in [7, 11) is 0. The van der Waals surface area contributed by atoms with E-state index in [0.717, 1.165) is 30.5 Å². The number of nitrogens with zero attached hydrogens (tertiary/aromatic N) is 1. The number of nitrogens with one attached hydrogen (secondary N) is 2. The molecule has 0 spiro atoms. The lowest BCUT2D eigenvalue weighted by Gasteiger charge is -2.32. The highest BCUT2D eigenvalue weighted by Gasteiger charge is 2.20. The zero-order valence-corrected chi connectivity index (χ0v) is 17.5. The molecule has 3 rings (SSSR count). The van der Waals surface area contributed by atoms with Crippen molar-refractivity contribution in [1.82, 2.24) is 4.90 Å². The first kappa shape index (κ1) is 21.7. The maximum absolute atomic E-state index is 14.1. The maximum Gasteiger partial charge on any atom is 0.248 e. The van der Waals surface area contributed by atoms with Crippen LogP contribution in [0.4, 0.5) is 15.8 Å². The van der Waals surface area contributed by atoms with Crippen molar-refractivity contribution in [1.29, 1.82) is 0 Å². The highest BCUT2D eigenvalue weighted by molar-refractivity contribution is 6.02. The summed E-state index contributed by atoms with van der Waals surface area (Å²) >= 11 is 0. The van der Waals surface area contributed by atoms with Crippen LogP contribution in [0.25, 0.3) is 6.08 Å². The fourth-order valence-corrected chi connectivity index (χ4v) is 3.60. The van der Waals surface area contributed by atoms with Gasteiger partial charge in [0.05, 0.1) is 12.2 Å². The molecule has 0 unspecified atom stereocenters. The summed E-state index contributed by atoms with van der Waals surface area (Å²) in [4.78, 5) is 26.7. The van der Waals surface area contributed by atoms with Gasteiger partial charge in [-0.2, -0.15) is 0 Å². The lowest BCUT2D eigenvalue weighted by atomic mass is 10.0. The molecule has 1 fully saturated rings. The number of rotatable bonds is 6. The van der Waals surface area contributed by atoms with E-state index in [4.69, 9.17) is 0 Å². The quantitative estimate of drug-likeness (QED) is 0.686. The topological polar surface area (TPSA) is 61.4 Å². The van der Waals surface area contributed by atoms with Crippen LogP contribution in [-0.2, 0) is 9.59 Å². The lowest BCUT2D eigenvalue weighted by molar-refractivity contribution is -0.118. The Hall–Kier alpha value is -2.99. The number of carbonyl (C=O) groups excluding carboxylic acids is 2. The van der Waals surface area contributed by atoms with E-state index in [2.05, 4.69) is 22.5 Å². The second-order valence-corrected chi connectivity index (χ2v) is 7.79. The molecule has 1 aliphatic heterocycles. The third-order valence-corrected chi connectivity index (χ3v) is 5.26. The highest BCUT2D eigenvalue weighted by Crippen LogP contribution is 2.21. The molecule has 0 aromatic heterocycles. The molecule has 2 aromatic carbocycles. The molecule has 5 nitrogen and oxygen atoms in total. The van der Waals surface area contributed by atoms with Crippen LogP contribution < -0.4 is 10.6 Å². The van der Waals surface area contributed by atoms with E-state index < -0.39 is 11.7 Å². The van der Waals surface area contributed by atoms with Gasteiger partial charge in [0.2, 0.25) is 11.8 Å². The van der Waals surface area contributed by atoms with E-state index in [1.165, 1.54) is 30.7 Å². The van der Waals surface area contributed by atoms with Crippen molar-refractivity contribution in [3.8, 4) is 0 Å². The molecule has 30 heavy (non-hydrogen) atoms. The lowest BCUT2D eigenvalue weighted by Crippen LogP contribution is -2.42. The minimum absolute atomic E-state index is 0.0260. The number of piperidine rings is 1. The molecule has 2 N–H and O–H groups in total. The van der Waals surface area contributed by atoms with Gasteiger partial charge in [-0.3, -0.25) is 14.5 Å². The van der Waals surface area contributed by atoms with Crippen LogP contribution in [0.15, 0.2) is 48.5 Å². The highest BCUT2D eigenvalue weighted by atomic mass is 19.1. The summed E-state index contributed by atoms with van der Waals surface area (Å²) < 4.78 is 14.1. The van der Waals surface area contributed by atoms with Gasteiger partial charge in [0.15, 0.2) is 0 Å². The Bertz CT molecular complexity index is 942. The van der Waals surface area contributed by atoms with Crippen molar-refractivity contribution in [3.05, 3.63) is 65.5 Å². The molecule has 1 aliphatic rings. The van der Waals surface area contributed by atoms with Crippen molar-refractivity contribution in [2.75, 3.05) is 23.7 Å². The summed E-state index contributed by atoms with van der Waals surface area (Å²) in [5, 5.41) is 5.33. The number of benzene rings is 2. The summed E-state index contributed by atoms with van der Waals surface area (Å²) in [6, 6.07) is 12.3. The second-order valence-electron chi connectivity index (χ2n) is 7.79. The number of hydrogen-bond donors (Lipinski definition) is 2. The van der Waals surface area contributed by atoms with Gasteiger partial charge in [-0.05, 0) is 63.1 Å². The molecule has 158 valence electrons. The first-order valence-corrected chi connectivity index (χ1v) is 10.3. The first-order valence-electron chi connectivity index (χ1n) is 10.3. The van der Waals surface area contributed by atoms with E-state index in [1.54, 1.807) is 6.08 Å². The average Bonchev–Trinajstić information content (AvgIpc) is 2.71. The van der Waals surface area contributed by atoms with E-state index in [-0.39, 0.29) is 11.6 Å². The smallest absolute Gasteiger partial charge is 0.248 e. The molecular formula is C24H28FN3O2. The number of carbonyl (C=O) groups is 2. The Morgan fingerprint density at radius 1 is 1.17 bits per heavy atom. The predicted molar refractivity (Wildman–Crippen MR) is 119 cm³/mol. The Morgan fingerprint density at radius 3 is 2.77 bits per heavy atom. The molecule has 1 heterocycles. The van der Waals surface area contributed by atoms with Gasteiger partial charge in [0, 0.05) is 17.8 Å². The monoisotopic (exact) mass is 409 g/mol. The molecule has 0 saturated carbocycles. The SMILES string of the molecule is Cc1cccc(/C=C/C(=O)Nc2cc(NC(=O)CN3CCCC[C@H]3C)ccc2F)c1. The fourth-order valence-electron chi connectivity index (χ4n) is 3.60. The summed E-state index contributed by atoms with van der Waals surface area (Å²) in [5.41, 5.74) is 2.45. The number of likely N-dealkylation sites (tertiary alicyclic amines) is 1. The Balaban J connectivity index is 1.60. The van der Waals surface area contributed by atoms with Crippen LogP contribution in [-0.4, -0.2) is 35.8 Å². The molecule has 6 heteroatoms. The second kappa shape index (κ2) is 10.2. The van der Waals surface area contributed by atoms with Crippen LogP contribution in [0.2, 0.25) is 0 Å². The Morgan fingerprint density at radius 2 is 2.00 bits per heavy atom. The molecule has 0 bridgehead atoms. The predicted octanol–water partition coefficient (Wildman–Crippen LogP) is 4.60.